The number of carbonyl (C=O) groups is 1. The lowest BCUT2D eigenvalue weighted by Crippen LogP contribution is -2.53. The van der Waals surface area contributed by atoms with Gasteiger partial charge < -0.3 is 0 Å². The van der Waals surface area contributed by atoms with Gasteiger partial charge in [-0.1, -0.05) is 27.7 Å². The van der Waals surface area contributed by atoms with Crippen molar-refractivity contribution in [3.63, 3.8) is 0 Å². The summed E-state index contributed by atoms with van der Waals surface area (Å²) in [7, 11) is 0. The molecule has 1 fully saturated rings. The summed E-state index contributed by atoms with van der Waals surface area (Å²) in [4.78, 5) is 14.2. The Morgan fingerprint density at radius 1 is 1.38 bits per heavy atom. The highest BCUT2D eigenvalue weighted by Crippen LogP contribution is 2.31. The number of rotatable bonds is 6. The van der Waals surface area contributed by atoms with Gasteiger partial charge >= 0.3 is 0 Å². The van der Waals surface area contributed by atoms with E-state index in [4.69, 9.17) is 5.84 Å². The molecule has 0 aromatic carbocycles. The molecule has 1 rings (SSSR count). The fraction of sp³-hybridized carbons (Fsp3) is 0.917. The van der Waals surface area contributed by atoms with Crippen LogP contribution in [0.5, 0.6) is 0 Å². The summed E-state index contributed by atoms with van der Waals surface area (Å²) >= 11 is 0. The zero-order chi connectivity index (χ0) is 12.3. The molecule has 1 aliphatic rings. The third kappa shape index (κ3) is 3.46. The molecule has 1 atom stereocenters. The van der Waals surface area contributed by atoms with Gasteiger partial charge in [0.25, 0.3) is 5.91 Å². The van der Waals surface area contributed by atoms with Crippen molar-refractivity contribution in [2.75, 3.05) is 6.54 Å². The highest BCUT2D eigenvalue weighted by Gasteiger charge is 2.38. The normalized spacial score (nSPS) is 18.2. The molecule has 0 radical (unpaired) electrons. The third-order valence-corrected chi connectivity index (χ3v) is 2.99. The lowest BCUT2D eigenvalue weighted by molar-refractivity contribution is -0.128. The molecule has 1 unspecified atom stereocenters. The van der Waals surface area contributed by atoms with Crippen LogP contribution in [0.15, 0.2) is 0 Å². The van der Waals surface area contributed by atoms with E-state index in [9.17, 15) is 4.79 Å². The van der Waals surface area contributed by atoms with Crippen molar-refractivity contribution < 1.29 is 4.79 Å². The summed E-state index contributed by atoms with van der Waals surface area (Å²) in [5.74, 6) is 6.09. The first kappa shape index (κ1) is 13.5. The first-order chi connectivity index (χ1) is 7.47. The fourth-order valence-corrected chi connectivity index (χ4v) is 2.24. The van der Waals surface area contributed by atoms with Crippen molar-refractivity contribution in [3.05, 3.63) is 0 Å². The molecule has 1 aliphatic carbocycles. The van der Waals surface area contributed by atoms with E-state index in [-0.39, 0.29) is 11.9 Å². The van der Waals surface area contributed by atoms with Gasteiger partial charge in [-0.2, -0.15) is 0 Å². The Kier molecular flexibility index (Phi) is 4.74. The first-order valence-corrected chi connectivity index (χ1v) is 6.23. The van der Waals surface area contributed by atoms with Gasteiger partial charge in [-0.3, -0.25) is 15.1 Å². The molecule has 0 bridgehead atoms. The van der Waals surface area contributed by atoms with Crippen LogP contribution >= 0.6 is 0 Å². The van der Waals surface area contributed by atoms with Crippen LogP contribution in [0.1, 0.15) is 40.5 Å². The van der Waals surface area contributed by atoms with Crippen LogP contribution in [-0.2, 0) is 4.79 Å². The number of amides is 1. The summed E-state index contributed by atoms with van der Waals surface area (Å²) in [6.45, 7) is 9.51. The van der Waals surface area contributed by atoms with Crippen LogP contribution in [0, 0.1) is 11.8 Å². The Morgan fingerprint density at radius 2 is 1.94 bits per heavy atom. The summed E-state index contributed by atoms with van der Waals surface area (Å²) < 4.78 is 0. The van der Waals surface area contributed by atoms with Crippen LogP contribution < -0.4 is 11.3 Å². The number of nitrogens with zero attached hydrogens (tertiary/aromatic N) is 1. The second-order valence-electron chi connectivity index (χ2n) is 5.52. The highest BCUT2D eigenvalue weighted by molar-refractivity contribution is 5.81. The maximum Gasteiger partial charge on any atom is 0.251 e. The van der Waals surface area contributed by atoms with E-state index >= 15 is 0 Å². The lowest BCUT2D eigenvalue weighted by atomic mass is 10.00. The van der Waals surface area contributed by atoms with Gasteiger partial charge in [-0.25, -0.2) is 5.84 Å². The SMILES string of the molecule is CC(C)CN(C1CC1)C(C(=O)NN)C(C)C. The van der Waals surface area contributed by atoms with Crippen molar-refractivity contribution >= 4 is 5.91 Å². The van der Waals surface area contributed by atoms with Crippen LogP contribution in [-0.4, -0.2) is 29.4 Å². The second-order valence-corrected chi connectivity index (χ2v) is 5.52. The van der Waals surface area contributed by atoms with E-state index in [1.54, 1.807) is 0 Å². The number of hydrogen-bond donors (Lipinski definition) is 2. The van der Waals surface area contributed by atoms with E-state index in [1.165, 1.54) is 12.8 Å². The molecule has 16 heavy (non-hydrogen) atoms. The molecule has 1 amide bonds. The fourth-order valence-electron chi connectivity index (χ4n) is 2.24. The van der Waals surface area contributed by atoms with E-state index in [0.717, 1.165) is 6.54 Å². The number of carbonyl (C=O) groups excluding carboxylic acids is 1. The summed E-state index contributed by atoms with van der Waals surface area (Å²) in [6.07, 6.45) is 2.43. The van der Waals surface area contributed by atoms with Crippen LogP contribution in [0.2, 0.25) is 0 Å². The van der Waals surface area contributed by atoms with Gasteiger partial charge in [0.1, 0.15) is 0 Å². The average molecular weight is 227 g/mol. The molecule has 94 valence electrons. The Labute approximate surface area is 98.5 Å². The van der Waals surface area contributed by atoms with Gasteiger partial charge in [-0.05, 0) is 24.7 Å². The smallest absolute Gasteiger partial charge is 0.251 e. The molecule has 1 saturated carbocycles. The van der Waals surface area contributed by atoms with E-state index in [0.29, 0.717) is 17.9 Å². The quantitative estimate of drug-likeness (QED) is 0.406. The number of nitrogens with two attached hydrogens (primary N) is 1. The van der Waals surface area contributed by atoms with Crippen LogP contribution in [0.4, 0.5) is 0 Å². The first-order valence-electron chi connectivity index (χ1n) is 6.23. The molecule has 0 saturated heterocycles. The van der Waals surface area contributed by atoms with E-state index in [2.05, 4.69) is 38.0 Å². The summed E-state index contributed by atoms with van der Waals surface area (Å²) in [6, 6.07) is 0.506. The van der Waals surface area contributed by atoms with E-state index in [1.807, 2.05) is 0 Å². The predicted octanol–water partition coefficient (Wildman–Crippen LogP) is 1.12. The minimum atomic E-state index is -0.0834. The van der Waals surface area contributed by atoms with Crippen molar-refractivity contribution in [1.82, 2.24) is 10.3 Å². The predicted molar refractivity (Wildman–Crippen MR) is 65.5 cm³/mol. The Balaban J connectivity index is 2.74. The largest absolute Gasteiger partial charge is 0.293 e. The molecule has 4 heteroatoms. The Bertz CT molecular complexity index is 236. The number of nitrogens with one attached hydrogen (secondary N) is 1. The second kappa shape index (κ2) is 5.64. The standard InChI is InChI=1S/C12H25N3O/c1-8(2)7-15(10-5-6-10)11(9(3)4)12(16)14-13/h8-11H,5-7,13H2,1-4H3,(H,14,16). The Morgan fingerprint density at radius 3 is 2.25 bits per heavy atom. The maximum absolute atomic E-state index is 11.8. The molecule has 0 spiro atoms. The molecule has 0 aromatic heterocycles. The van der Waals surface area contributed by atoms with Crippen molar-refractivity contribution in [1.29, 1.82) is 0 Å². The van der Waals surface area contributed by atoms with Gasteiger partial charge in [0, 0.05) is 12.6 Å². The lowest BCUT2D eigenvalue weighted by Gasteiger charge is -2.34. The molecular formula is C12H25N3O. The van der Waals surface area contributed by atoms with Crippen molar-refractivity contribution in [3.8, 4) is 0 Å². The van der Waals surface area contributed by atoms with Crippen LogP contribution in [0.3, 0.4) is 0 Å². The minimum absolute atomic E-state index is 0.0532. The van der Waals surface area contributed by atoms with Crippen molar-refractivity contribution in [2.24, 2.45) is 17.7 Å². The van der Waals surface area contributed by atoms with Crippen LogP contribution in [0.25, 0.3) is 0 Å². The van der Waals surface area contributed by atoms with Crippen molar-refractivity contribution in [2.45, 2.75) is 52.6 Å². The van der Waals surface area contributed by atoms with E-state index < -0.39 is 0 Å². The zero-order valence-electron chi connectivity index (χ0n) is 10.9. The Hall–Kier alpha value is -0.610. The maximum atomic E-state index is 11.8. The molecule has 0 aliphatic heterocycles. The topological polar surface area (TPSA) is 58.4 Å². The monoisotopic (exact) mass is 227 g/mol. The summed E-state index contributed by atoms with van der Waals surface area (Å²) in [5.41, 5.74) is 2.30. The average Bonchev–Trinajstić information content (AvgIpc) is 2.98. The third-order valence-electron chi connectivity index (χ3n) is 2.99. The minimum Gasteiger partial charge on any atom is -0.293 e. The number of hydrazine groups is 1. The van der Waals surface area contributed by atoms with Gasteiger partial charge in [0.05, 0.1) is 6.04 Å². The highest BCUT2D eigenvalue weighted by atomic mass is 16.2. The summed E-state index contributed by atoms with van der Waals surface area (Å²) in [5, 5.41) is 0. The molecule has 4 nitrogen and oxygen atoms in total. The number of hydrogen-bond acceptors (Lipinski definition) is 3. The van der Waals surface area contributed by atoms with Gasteiger partial charge in [0.15, 0.2) is 0 Å². The molecular weight excluding hydrogens is 202 g/mol. The zero-order valence-corrected chi connectivity index (χ0v) is 10.9. The molecule has 3 N–H and O–H groups in total. The molecule has 0 heterocycles. The molecule has 0 aromatic rings. The van der Waals surface area contributed by atoms with Gasteiger partial charge in [0.2, 0.25) is 0 Å². The van der Waals surface area contributed by atoms with Gasteiger partial charge in [-0.15, -0.1) is 0 Å².